The summed E-state index contributed by atoms with van der Waals surface area (Å²) < 4.78 is 5.32. The van der Waals surface area contributed by atoms with Crippen molar-refractivity contribution in [1.82, 2.24) is 20.4 Å². The molecule has 2 atom stereocenters. The van der Waals surface area contributed by atoms with Crippen LogP contribution in [0.3, 0.4) is 0 Å². The Morgan fingerprint density at radius 3 is 2.56 bits per heavy atom. The normalized spacial score (nSPS) is 20.3. The molecule has 3 N–H and O–H groups in total. The van der Waals surface area contributed by atoms with E-state index in [0.29, 0.717) is 11.7 Å². The van der Waals surface area contributed by atoms with E-state index in [4.69, 9.17) is 4.42 Å². The summed E-state index contributed by atoms with van der Waals surface area (Å²) in [5.41, 5.74) is -1.11. The molecule has 1 aliphatic heterocycles. The van der Waals surface area contributed by atoms with Crippen LogP contribution >= 0.6 is 0 Å². The van der Waals surface area contributed by atoms with Gasteiger partial charge in [0.1, 0.15) is 11.4 Å². The molecule has 154 valence electrons. The Balaban J connectivity index is 1.79. The highest BCUT2D eigenvalue weighted by Crippen LogP contribution is 2.21. The van der Waals surface area contributed by atoms with Gasteiger partial charge in [-0.05, 0) is 38.4 Å². The summed E-state index contributed by atoms with van der Waals surface area (Å²) >= 11 is 0. The zero-order chi connectivity index (χ0) is 19.7. The maximum absolute atomic E-state index is 10.6. The lowest BCUT2D eigenvalue weighted by molar-refractivity contribution is 0.0437. The molecule has 0 bridgehead atoms. The van der Waals surface area contributed by atoms with E-state index in [1.807, 2.05) is 6.92 Å². The third kappa shape index (κ3) is 7.16. The molecule has 0 saturated carbocycles. The highest BCUT2D eigenvalue weighted by atomic mass is 16.4. The van der Waals surface area contributed by atoms with Gasteiger partial charge < -0.3 is 30.0 Å². The third-order valence-electron chi connectivity index (χ3n) is 5.04. The Hall–Kier alpha value is -1.57. The molecule has 27 heavy (non-hydrogen) atoms. The molecule has 1 aliphatic rings. The number of hydrogen-bond donors (Lipinski definition) is 3. The Kier molecular flexibility index (Phi) is 8.60. The number of likely N-dealkylation sites (N-methyl/N-ethyl adjacent to an activating group) is 1. The van der Waals surface area contributed by atoms with E-state index in [2.05, 4.69) is 39.3 Å². The molecule has 2 rings (SSSR count). The van der Waals surface area contributed by atoms with Crippen LogP contribution in [0.15, 0.2) is 27.8 Å². The van der Waals surface area contributed by atoms with Crippen molar-refractivity contribution in [2.75, 3.05) is 58.9 Å². The van der Waals surface area contributed by atoms with Crippen molar-refractivity contribution < 1.29 is 9.52 Å². The first-order valence-corrected chi connectivity index (χ1v) is 10.2. The largest absolute Gasteiger partial charge is 0.466 e. The van der Waals surface area contributed by atoms with E-state index in [0.717, 1.165) is 45.2 Å². The van der Waals surface area contributed by atoms with Crippen LogP contribution in [-0.2, 0) is 5.60 Å². The van der Waals surface area contributed by atoms with Gasteiger partial charge in [0, 0.05) is 45.8 Å². The molecular weight excluding hydrogens is 342 g/mol. The molecule has 1 saturated heterocycles. The van der Waals surface area contributed by atoms with Crippen molar-refractivity contribution in [3.05, 3.63) is 24.2 Å². The quantitative estimate of drug-likeness (QED) is 0.444. The van der Waals surface area contributed by atoms with E-state index >= 15 is 0 Å². The number of piperazine rings is 1. The second-order valence-corrected chi connectivity index (χ2v) is 7.67. The number of furan rings is 1. The van der Waals surface area contributed by atoms with E-state index in [-0.39, 0.29) is 6.54 Å². The van der Waals surface area contributed by atoms with Gasteiger partial charge in [-0.1, -0.05) is 13.8 Å². The molecule has 1 aromatic heterocycles. The molecule has 7 heteroatoms. The first kappa shape index (κ1) is 21.7. The smallest absolute Gasteiger partial charge is 0.191 e. The zero-order valence-corrected chi connectivity index (χ0v) is 17.4. The van der Waals surface area contributed by atoms with E-state index in [1.165, 1.54) is 13.1 Å². The van der Waals surface area contributed by atoms with Crippen molar-refractivity contribution in [3.63, 3.8) is 0 Å². The summed E-state index contributed by atoms with van der Waals surface area (Å²) in [7, 11) is 0. The van der Waals surface area contributed by atoms with E-state index in [1.54, 1.807) is 25.3 Å². The lowest BCUT2D eigenvalue weighted by Gasteiger charge is -2.35. The number of hydrogen-bond acceptors (Lipinski definition) is 5. The third-order valence-corrected chi connectivity index (χ3v) is 5.04. The van der Waals surface area contributed by atoms with Crippen molar-refractivity contribution in [3.8, 4) is 0 Å². The number of aliphatic hydroxyl groups is 1. The van der Waals surface area contributed by atoms with Crippen LogP contribution in [0.4, 0.5) is 0 Å². The van der Waals surface area contributed by atoms with Crippen LogP contribution in [0, 0.1) is 5.92 Å². The first-order chi connectivity index (χ1) is 12.9. The molecule has 2 unspecified atom stereocenters. The predicted octanol–water partition coefficient (Wildman–Crippen LogP) is 1.32. The van der Waals surface area contributed by atoms with Crippen LogP contribution < -0.4 is 10.6 Å². The highest BCUT2D eigenvalue weighted by molar-refractivity contribution is 5.79. The Bertz CT molecular complexity index is 551. The maximum Gasteiger partial charge on any atom is 0.191 e. The molecule has 2 heterocycles. The molecule has 0 radical (unpaired) electrons. The number of rotatable bonds is 9. The van der Waals surface area contributed by atoms with Gasteiger partial charge in [-0.15, -0.1) is 0 Å². The number of aliphatic imine (C=N–C) groups is 1. The topological polar surface area (TPSA) is 76.3 Å². The van der Waals surface area contributed by atoms with Crippen LogP contribution in [0.1, 0.15) is 33.5 Å². The summed E-state index contributed by atoms with van der Waals surface area (Å²) in [5.74, 6) is 1.78. The van der Waals surface area contributed by atoms with Crippen molar-refractivity contribution >= 4 is 5.96 Å². The van der Waals surface area contributed by atoms with Crippen molar-refractivity contribution in [2.24, 2.45) is 10.9 Å². The number of nitrogens with zero attached hydrogens (tertiary/aromatic N) is 3. The molecule has 7 nitrogen and oxygen atoms in total. The summed E-state index contributed by atoms with van der Waals surface area (Å²) in [6.07, 6.45) is 1.57. The van der Waals surface area contributed by atoms with Crippen molar-refractivity contribution in [1.29, 1.82) is 0 Å². The number of guanidine groups is 1. The van der Waals surface area contributed by atoms with Crippen LogP contribution in [-0.4, -0.2) is 79.8 Å². The summed E-state index contributed by atoms with van der Waals surface area (Å²) in [4.78, 5) is 9.59. The summed E-state index contributed by atoms with van der Waals surface area (Å²) in [5, 5.41) is 17.2. The molecule has 0 aromatic carbocycles. The Morgan fingerprint density at radius 2 is 1.96 bits per heavy atom. The molecule has 0 spiro atoms. The Morgan fingerprint density at radius 1 is 1.26 bits per heavy atom. The standard InChI is InChI=1S/C20H37N5O2/c1-5-21-19(23-16-20(4,26)18-8-7-13-27-18)22-14-17(3)15-25-11-9-24(6-2)10-12-25/h7-8,13,17,26H,5-6,9-12,14-16H2,1-4H3,(H2,21,22,23). The fraction of sp³-hybridized carbons (Fsp3) is 0.750. The first-order valence-electron chi connectivity index (χ1n) is 10.2. The van der Waals surface area contributed by atoms with Gasteiger partial charge in [-0.3, -0.25) is 0 Å². The fourth-order valence-corrected chi connectivity index (χ4v) is 3.30. The predicted molar refractivity (Wildman–Crippen MR) is 110 cm³/mol. The van der Waals surface area contributed by atoms with Crippen LogP contribution in [0.2, 0.25) is 0 Å². The summed E-state index contributed by atoms with van der Waals surface area (Å²) in [6.45, 7) is 17.0. The fourth-order valence-electron chi connectivity index (χ4n) is 3.30. The van der Waals surface area contributed by atoms with Gasteiger partial charge in [0.2, 0.25) is 0 Å². The van der Waals surface area contributed by atoms with Gasteiger partial charge in [-0.25, -0.2) is 4.99 Å². The molecule has 0 aliphatic carbocycles. The average molecular weight is 380 g/mol. The highest BCUT2D eigenvalue weighted by Gasteiger charge is 2.26. The van der Waals surface area contributed by atoms with Gasteiger partial charge in [0.15, 0.2) is 5.96 Å². The minimum Gasteiger partial charge on any atom is -0.466 e. The minimum absolute atomic E-state index is 0.239. The van der Waals surface area contributed by atoms with Crippen molar-refractivity contribution in [2.45, 2.75) is 33.3 Å². The van der Waals surface area contributed by atoms with Crippen LogP contribution in [0.5, 0.6) is 0 Å². The minimum atomic E-state index is -1.11. The second-order valence-electron chi connectivity index (χ2n) is 7.67. The monoisotopic (exact) mass is 379 g/mol. The SMILES string of the molecule is CCNC(=NCC(C)(O)c1ccco1)NCC(C)CN1CCN(CC)CC1. The molecule has 1 aromatic rings. The number of nitrogens with one attached hydrogen (secondary N) is 2. The van der Waals surface area contributed by atoms with Gasteiger partial charge in [0.05, 0.1) is 12.8 Å². The van der Waals surface area contributed by atoms with Gasteiger partial charge >= 0.3 is 0 Å². The van der Waals surface area contributed by atoms with E-state index in [9.17, 15) is 5.11 Å². The second kappa shape index (κ2) is 10.7. The molecule has 1 fully saturated rings. The zero-order valence-electron chi connectivity index (χ0n) is 17.4. The maximum atomic E-state index is 10.6. The lowest BCUT2D eigenvalue weighted by Crippen LogP contribution is -2.48. The average Bonchev–Trinajstić information content (AvgIpc) is 3.20. The Labute approximate surface area is 163 Å². The van der Waals surface area contributed by atoms with Gasteiger partial charge in [0.25, 0.3) is 0 Å². The van der Waals surface area contributed by atoms with E-state index < -0.39 is 5.60 Å². The van der Waals surface area contributed by atoms with Gasteiger partial charge in [-0.2, -0.15) is 0 Å². The van der Waals surface area contributed by atoms with Crippen LogP contribution in [0.25, 0.3) is 0 Å². The lowest BCUT2D eigenvalue weighted by atomic mass is 10.0. The summed E-state index contributed by atoms with van der Waals surface area (Å²) in [6, 6.07) is 3.55. The molecule has 0 amide bonds. The molecular formula is C20H37N5O2.